The molecule has 0 radical (unpaired) electrons. The Balaban J connectivity index is 0.000000640. The second-order valence-corrected chi connectivity index (χ2v) is 1.77. The van der Waals surface area contributed by atoms with Crippen molar-refractivity contribution in [1.29, 1.82) is 0 Å². The monoisotopic (exact) mass is 114 g/mol. The molecule has 1 aromatic rings. The smallest absolute Gasteiger partial charge is 0.872 e. The first kappa shape index (κ1) is 8.62. The van der Waals surface area contributed by atoms with Crippen LogP contribution in [0.2, 0.25) is 0 Å². The van der Waals surface area contributed by atoms with E-state index in [-0.39, 0.29) is 24.6 Å². The summed E-state index contributed by atoms with van der Waals surface area (Å²) < 4.78 is 0. The fourth-order valence-corrected chi connectivity index (χ4v) is 0.556. The Bertz CT molecular complexity index is 165. The van der Waals surface area contributed by atoms with Crippen LogP contribution < -0.4 is 24.0 Å². The van der Waals surface area contributed by atoms with Gasteiger partial charge < -0.3 is 5.11 Å². The Morgan fingerprint density at radius 1 is 1.22 bits per heavy atom. The third-order valence-corrected chi connectivity index (χ3v) is 1.09. The Morgan fingerprint density at radius 3 is 2.11 bits per heavy atom. The number of para-hydroxylation sites is 1. The maximum absolute atomic E-state index is 10.6. The fraction of sp³-hybridized carbons (Fsp3) is 0.143. The molecule has 0 aliphatic rings. The molecule has 0 spiro atoms. The minimum absolute atomic E-state index is 0. The van der Waals surface area contributed by atoms with Crippen molar-refractivity contribution < 1.29 is 24.0 Å². The average Bonchev–Trinajstić information content (AvgIpc) is 1.77. The van der Waals surface area contributed by atoms with Crippen molar-refractivity contribution in [2.45, 2.75) is 6.92 Å². The van der Waals surface area contributed by atoms with Gasteiger partial charge in [-0.2, -0.15) is 0 Å². The number of hydrogen-bond donors (Lipinski definition) is 0. The van der Waals surface area contributed by atoms with Gasteiger partial charge in [-0.25, -0.2) is 0 Å². The standard InChI is InChI=1S/C7H8O.Li/c1-6-4-2-3-5-7(6)8;/h2-5,8H,1H3;/q;+1/p-1. The molecule has 1 nitrogen and oxygen atoms in total. The van der Waals surface area contributed by atoms with Crippen LogP contribution in [-0.4, -0.2) is 0 Å². The van der Waals surface area contributed by atoms with E-state index in [0.29, 0.717) is 0 Å². The van der Waals surface area contributed by atoms with Crippen LogP contribution in [0, 0.1) is 6.92 Å². The summed E-state index contributed by atoms with van der Waals surface area (Å²) in [6.45, 7) is 1.81. The van der Waals surface area contributed by atoms with Gasteiger partial charge in [0.1, 0.15) is 0 Å². The summed E-state index contributed by atoms with van der Waals surface area (Å²) in [5.41, 5.74) is 0.813. The zero-order valence-electron chi connectivity index (χ0n) is 5.72. The first-order valence-corrected chi connectivity index (χ1v) is 2.53. The summed E-state index contributed by atoms with van der Waals surface area (Å²) in [5, 5.41) is 10.6. The van der Waals surface area contributed by atoms with Gasteiger partial charge >= 0.3 is 18.9 Å². The molecule has 0 unspecified atom stereocenters. The molecule has 2 heteroatoms. The molecule has 0 amide bonds. The van der Waals surface area contributed by atoms with Crippen molar-refractivity contribution in [3.05, 3.63) is 29.8 Å². The van der Waals surface area contributed by atoms with Crippen molar-refractivity contribution in [2.75, 3.05) is 0 Å². The molecule has 9 heavy (non-hydrogen) atoms. The normalized spacial score (nSPS) is 8.11. The van der Waals surface area contributed by atoms with Gasteiger partial charge in [0.25, 0.3) is 0 Å². The summed E-state index contributed by atoms with van der Waals surface area (Å²) in [7, 11) is 0. The first-order chi connectivity index (χ1) is 3.80. The van der Waals surface area contributed by atoms with Gasteiger partial charge in [0.2, 0.25) is 0 Å². The van der Waals surface area contributed by atoms with Crippen LogP contribution in [-0.2, 0) is 0 Å². The predicted octanol–water partition coefficient (Wildman–Crippen LogP) is -1.93. The Morgan fingerprint density at radius 2 is 1.78 bits per heavy atom. The van der Waals surface area contributed by atoms with Crippen LogP contribution in [0.4, 0.5) is 0 Å². The van der Waals surface area contributed by atoms with Crippen LogP contribution in [0.5, 0.6) is 5.75 Å². The second kappa shape index (κ2) is 3.61. The van der Waals surface area contributed by atoms with Crippen molar-refractivity contribution in [2.24, 2.45) is 0 Å². The zero-order valence-corrected chi connectivity index (χ0v) is 5.72. The topological polar surface area (TPSA) is 23.1 Å². The van der Waals surface area contributed by atoms with Crippen LogP contribution in [0.3, 0.4) is 0 Å². The van der Waals surface area contributed by atoms with E-state index >= 15 is 0 Å². The van der Waals surface area contributed by atoms with E-state index in [9.17, 15) is 5.11 Å². The molecule has 1 rings (SSSR count). The molecule has 0 fully saturated rings. The average molecular weight is 114 g/mol. The van der Waals surface area contributed by atoms with E-state index in [2.05, 4.69) is 0 Å². The minimum Gasteiger partial charge on any atom is -0.872 e. The van der Waals surface area contributed by atoms with Crippen molar-refractivity contribution in [3.8, 4) is 5.75 Å². The molecule has 0 heterocycles. The van der Waals surface area contributed by atoms with Gasteiger partial charge in [0, 0.05) is 0 Å². The summed E-state index contributed by atoms with van der Waals surface area (Å²) in [6, 6.07) is 6.98. The second-order valence-electron chi connectivity index (χ2n) is 1.77. The van der Waals surface area contributed by atoms with E-state index in [1.54, 1.807) is 12.1 Å². The van der Waals surface area contributed by atoms with Gasteiger partial charge in [-0.3, -0.25) is 0 Å². The quantitative estimate of drug-likeness (QED) is 0.360. The van der Waals surface area contributed by atoms with E-state index < -0.39 is 0 Å². The van der Waals surface area contributed by atoms with Gasteiger partial charge in [-0.1, -0.05) is 29.8 Å². The van der Waals surface area contributed by atoms with Crippen molar-refractivity contribution in [3.63, 3.8) is 0 Å². The van der Waals surface area contributed by atoms with E-state index in [4.69, 9.17) is 0 Å². The third kappa shape index (κ3) is 2.13. The Hall–Kier alpha value is -0.383. The summed E-state index contributed by atoms with van der Waals surface area (Å²) >= 11 is 0. The van der Waals surface area contributed by atoms with Crippen LogP contribution >= 0.6 is 0 Å². The van der Waals surface area contributed by atoms with Crippen LogP contribution in [0.15, 0.2) is 24.3 Å². The molecule has 0 saturated carbocycles. The Kier molecular flexibility index (Phi) is 3.45. The van der Waals surface area contributed by atoms with Gasteiger partial charge in [0.05, 0.1) is 0 Å². The summed E-state index contributed by atoms with van der Waals surface area (Å²) in [5.74, 6) is 0.118. The Labute approximate surface area is 66.9 Å². The molecular weight excluding hydrogens is 107 g/mol. The maximum atomic E-state index is 10.6. The SMILES string of the molecule is Cc1ccccc1[O-].[Li+]. The minimum atomic E-state index is 0. The van der Waals surface area contributed by atoms with Gasteiger partial charge in [-0.15, -0.1) is 5.75 Å². The van der Waals surface area contributed by atoms with Crippen molar-refractivity contribution in [1.82, 2.24) is 0 Å². The molecule has 0 aliphatic carbocycles. The number of benzene rings is 1. The first-order valence-electron chi connectivity index (χ1n) is 2.53. The third-order valence-electron chi connectivity index (χ3n) is 1.09. The molecule has 42 valence electrons. The molecule has 0 N–H and O–H groups in total. The molecule has 0 atom stereocenters. The zero-order chi connectivity index (χ0) is 5.98. The fourth-order valence-electron chi connectivity index (χ4n) is 0.556. The van der Waals surface area contributed by atoms with E-state index in [1.165, 1.54) is 0 Å². The molecule has 0 saturated heterocycles. The van der Waals surface area contributed by atoms with Gasteiger partial charge in [0.15, 0.2) is 0 Å². The van der Waals surface area contributed by atoms with Crippen molar-refractivity contribution >= 4 is 0 Å². The van der Waals surface area contributed by atoms with Crippen LogP contribution in [0.25, 0.3) is 0 Å². The summed E-state index contributed by atoms with van der Waals surface area (Å²) in [6.07, 6.45) is 0. The maximum Gasteiger partial charge on any atom is 1.00 e. The molecule has 1 aromatic carbocycles. The molecule has 0 aromatic heterocycles. The van der Waals surface area contributed by atoms with Gasteiger partial charge in [-0.05, 0) is 6.92 Å². The summed E-state index contributed by atoms with van der Waals surface area (Å²) in [4.78, 5) is 0. The van der Waals surface area contributed by atoms with E-state index in [0.717, 1.165) is 5.56 Å². The molecule has 0 aliphatic heterocycles. The van der Waals surface area contributed by atoms with Crippen LogP contribution in [0.1, 0.15) is 5.56 Å². The number of aryl methyl sites for hydroxylation is 1. The molecular formula is C7H7LiO. The van der Waals surface area contributed by atoms with E-state index in [1.807, 2.05) is 19.1 Å². The number of hydrogen-bond acceptors (Lipinski definition) is 1. The predicted molar refractivity (Wildman–Crippen MR) is 30.6 cm³/mol. The molecule has 0 bridgehead atoms. The largest absolute Gasteiger partial charge is 1.00 e. The number of rotatable bonds is 0.